The summed E-state index contributed by atoms with van der Waals surface area (Å²) in [7, 11) is 0. The number of rotatable bonds is 6. The van der Waals surface area contributed by atoms with Crippen LogP contribution in [0.4, 0.5) is 5.69 Å². The Bertz CT molecular complexity index is 1220. The third kappa shape index (κ3) is 5.31. The first-order valence-electron chi connectivity index (χ1n) is 9.78. The van der Waals surface area contributed by atoms with E-state index in [4.69, 9.17) is 14.2 Å². The van der Waals surface area contributed by atoms with Gasteiger partial charge in [-0.05, 0) is 48.0 Å². The average Bonchev–Trinajstić information content (AvgIpc) is 2.84. The van der Waals surface area contributed by atoms with Crippen molar-refractivity contribution in [3.63, 3.8) is 0 Å². The van der Waals surface area contributed by atoms with Crippen molar-refractivity contribution in [1.29, 1.82) is 0 Å². The minimum absolute atomic E-state index is 0.0640. The van der Waals surface area contributed by atoms with Crippen LogP contribution in [0.3, 0.4) is 0 Å². The largest absolute Gasteiger partial charge is 0.485 e. The van der Waals surface area contributed by atoms with Crippen LogP contribution in [0.25, 0.3) is 0 Å². The maximum absolute atomic E-state index is 12.2. The number of carbonyl (C=O) groups is 2. The summed E-state index contributed by atoms with van der Waals surface area (Å²) in [5.74, 6) is 0.144. The van der Waals surface area contributed by atoms with E-state index in [1.165, 1.54) is 36.5 Å². The Morgan fingerprint density at radius 1 is 1.06 bits per heavy atom. The van der Waals surface area contributed by atoms with Crippen LogP contribution in [0.15, 0.2) is 77.9 Å². The first-order valence-corrected chi connectivity index (χ1v) is 9.78. The number of non-ortho nitro benzene ring substituents is 1. The highest BCUT2D eigenvalue weighted by atomic mass is 16.6. The van der Waals surface area contributed by atoms with Crippen molar-refractivity contribution in [1.82, 2.24) is 5.43 Å². The molecule has 0 aromatic heterocycles. The summed E-state index contributed by atoms with van der Waals surface area (Å²) < 4.78 is 16.3. The molecule has 0 saturated heterocycles. The lowest BCUT2D eigenvalue weighted by atomic mass is 10.2. The molecule has 10 heteroatoms. The molecule has 33 heavy (non-hydrogen) atoms. The second kappa shape index (κ2) is 9.60. The first-order chi connectivity index (χ1) is 16.0. The van der Waals surface area contributed by atoms with E-state index in [0.29, 0.717) is 17.1 Å². The summed E-state index contributed by atoms with van der Waals surface area (Å²) in [6, 6.07) is 18.7. The molecule has 1 N–H and O–H groups in total. The SMILES string of the molecule is O=C(Oc1ccc(/C=N/NC(=O)C2COc3ccccc3O2)cc1)c1cccc([N+](=O)[O-])c1. The third-order valence-corrected chi connectivity index (χ3v) is 4.57. The van der Waals surface area contributed by atoms with Gasteiger partial charge in [0.2, 0.25) is 6.10 Å². The van der Waals surface area contributed by atoms with E-state index in [-0.39, 0.29) is 23.6 Å². The standard InChI is InChI=1S/C23H17N3O7/c27-22(21-14-31-19-6-1-2-7-20(19)33-21)25-24-13-15-8-10-18(11-9-15)32-23(28)16-4-3-5-17(12-16)26(29)30/h1-13,21H,14H2,(H,25,27)/b24-13+. The van der Waals surface area contributed by atoms with Gasteiger partial charge in [-0.2, -0.15) is 5.10 Å². The lowest BCUT2D eigenvalue weighted by Gasteiger charge is -2.24. The highest BCUT2D eigenvalue weighted by Crippen LogP contribution is 2.30. The van der Waals surface area contributed by atoms with E-state index >= 15 is 0 Å². The highest BCUT2D eigenvalue weighted by Gasteiger charge is 2.27. The van der Waals surface area contributed by atoms with Gasteiger partial charge in [-0.1, -0.05) is 18.2 Å². The van der Waals surface area contributed by atoms with Crippen molar-refractivity contribution in [3.05, 3.63) is 94.0 Å². The molecule has 0 aliphatic carbocycles. The number of amides is 1. The first kappa shape index (κ1) is 21.5. The number of benzene rings is 3. The molecule has 3 aromatic rings. The van der Waals surface area contributed by atoms with Crippen molar-refractivity contribution in [2.45, 2.75) is 6.10 Å². The molecule has 1 atom stereocenters. The van der Waals surface area contributed by atoms with Crippen molar-refractivity contribution in [3.8, 4) is 17.2 Å². The summed E-state index contributed by atoms with van der Waals surface area (Å²) in [5, 5.41) is 14.7. The number of nitro benzene ring substituents is 1. The monoisotopic (exact) mass is 447 g/mol. The van der Waals surface area contributed by atoms with Crippen LogP contribution in [0.5, 0.6) is 17.2 Å². The Labute approximate surface area is 187 Å². The number of para-hydroxylation sites is 2. The molecule has 0 saturated carbocycles. The molecular formula is C23H17N3O7. The molecule has 3 aromatic carbocycles. The van der Waals surface area contributed by atoms with Gasteiger partial charge in [-0.3, -0.25) is 14.9 Å². The van der Waals surface area contributed by atoms with Crippen LogP contribution < -0.4 is 19.6 Å². The van der Waals surface area contributed by atoms with Crippen LogP contribution in [-0.4, -0.2) is 35.7 Å². The molecule has 0 radical (unpaired) electrons. The predicted octanol–water partition coefficient (Wildman–Crippen LogP) is 3.10. The molecular weight excluding hydrogens is 430 g/mol. The molecule has 4 rings (SSSR count). The second-order valence-electron chi connectivity index (χ2n) is 6.86. The van der Waals surface area contributed by atoms with Crippen molar-refractivity contribution in [2.75, 3.05) is 6.61 Å². The van der Waals surface area contributed by atoms with Crippen LogP contribution in [0.2, 0.25) is 0 Å². The molecule has 1 aliphatic heterocycles. The van der Waals surface area contributed by atoms with E-state index in [1.807, 2.05) is 6.07 Å². The fraction of sp³-hybridized carbons (Fsp3) is 0.0870. The Balaban J connectivity index is 1.30. The summed E-state index contributed by atoms with van der Waals surface area (Å²) in [4.78, 5) is 34.7. The second-order valence-corrected chi connectivity index (χ2v) is 6.86. The molecule has 166 valence electrons. The van der Waals surface area contributed by atoms with Gasteiger partial charge in [0.1, 0.15) is 12.4 Å². The summed E-state index contributed by atoms with van der Waals surface area (Å²) in [6.45, 7) is 0.0724. The quantitative estimate of drug-likeness (QED) is 0.202. The van der Waals surface area contributed by atoms with Gasteiger partial charge in [0, 0.05) is 12.1 Å². The van der Waals surface area contributed by atoms with Gasteiger partial charge in [-0.25, -0.2) is 10.2 Å². The molecule has 0 spiro atoms. The molecule has 1 amide bonds. The molecule has 10 nitrogen and oxygen atoms in total. The number of nitrogens with one attached hydrogen (secondary N) is 1. The Morgan fingerprint density at radius 2 is 1.82 bits per heavy atom. The van der Waals surface area contributed by atoms with E-state index in [9.17, 15) is 19.7 Å². The lowest BCUT2D eigenvalue weighted by molar-refractivity contribution is -0.384. The van der Waals surface area contributed by atoms with E-state index < -0.39 is 22.9 Å². The van der Waals surface area contributed by atoms with Gasteiger partial charge in [0.15, 0.2) is 11.5 Å². The van der Waals surface area contributed by atoms with Crippen molar-refractivity contribution < 1.29 is 28.7 Å². The van der Waals surface area contributed by atoms with Gasteiger partial charge < -0.3 is 14.2 Å². The summed E-state index contributed by atoms with van der Waals surface area (Å²) in [6.07, 6.45) is 0.592. The number of hydrogen-bond donors (Lipinski definition) is 1. The van der Waals surface area contributed by atoms with Crippen LogP contribution in [0, 0.1) is 10.1 Å². The summed E-state index contributed by atoms with van der Waals surface area (Å²) >= 11 is 0. The average molecular weight is 447 g/mol. The third-order valence-electron chi connectivity index (χ3n) is 4.57. The van der Waals surface area contributed by atoms with E-state index in [2.05, 4.69) is 10.5 Å². The number of ether oxygens (including phenoxy) is 3. The maximum atomic E-state index is 12.2. The summed E-state index contributed by atoms with van der Waals surface area (Å²) in [5.41, 5.74) is 2.90. The molecule has 1 unspecified atom stereocenters. The number of hydrazone groups is 1. The highest BCUT2D eigenvalue weighted by molar-refractivity contribution is 5.92. The van der Waals surface area contributed by atoms with Gasteiger partial charge in [0.25, 0.3) is 11.6 Å². The zero-order valence-corrected chi connectivity index (χ0v) is 17.0. The zero-order chi connectivity index (χ0) is 23.2. The van der Waals surface area contributed by atoms with Crippen molar-refractivity contribution >= 4 is 23.8 Å². The van der Waals surface area contributed by atoms with Gasteiger partial charge in [0.05, 0.1) is 16.7 Å². The number of esters is 1. The van der Waals surface area contributed by atoms with Crippen LogP contribution >= 0.6 is 0 Å². The Morgan fingerprint density at radius 3 is 2.58 bits per heavy atom. The Kier molecular flexibility index (Phi) is 6.26. The fourth-order valence-electron chi connectivity index (χ4n) is 2.93. The molecule has 0 fully saturated rings. The van der Waals surface area contributed by atoms with Gasteiger partial charge in [-0.15, -0.1) is 0 Å². The Hall–Kier alpha value is -4.73. The van der Waals surface area contributed by atoms with Gasteiger partial charge >= 0.3 is 5.97 Å². The van der Waals surface area contributed by atoms with Crippen LogP contribution in [-0.2, 0) is 4.79 Å². The minimum atomic E-state index is -0.826. The number of nitrogens with zero attached hydrogens (tertiary/aromatic N) is 2. The number of carbonyl (C=O) groups excluding carboxylic acids is 2. The minimum Gasteiger partial charge on any atom is -0.485 e. The predicted molar refractivity (Wildman–Crippen MR) is 117 cm³/mol. The van der Waals surface area contributed by atoms with Crippen LogP contribution in [0.1, 0.15) is 15.9 Å². The topological polar surface area (TPSA) is 129 Å². The fourth-order valence-corrected chi connectivity index (χ4v) is 2.93. The zero-order valence-electron chi connectivity index (χ0n) is 17.0. The van der Waals surface area contributed by atoms with E-state index in [0.717, 1.165) is 6.07 Å². The normalized spacial score (nSPS) is 14.5. The number of hydrogen-bond acceptors (Lipinski definition) is 8. The maximum Gasteiger partial charge on any atom is 0.343 e. The number of nitro groups is 1. The molecule has 0 bridgehead atoms. The van der Waals surface area contributed by atoms with E-state index in [1.54, 1.807) is 30.3 Å². The molecule has 1 aliphatic rings. The number of fused-ring (bicyclic) bond motifs is 1. The van der Waals surface area contributed by atoms with Crippen molar-refractivity contribution in [2.24, 2.45) is 5.10 Å². The molecule has 1 heterocycles. The smallest absolute Gasteiger partial charge is 0.343 e. The lowest BCUT2D eigenvalue weighted by Crippen LogP contribution is -2.42.